The molecular weight excluding hydrogens is 314 g/mol. The van der Waals surface area contributed by atoms with E-state index in [0.29, 0.717) is 5.91 Å². The molecule has 2 aromatic rings. The number of hydrogen-bond donors (Lipinski definition) is 1. The summed E-state index contributed by atoms with van der Waals surface area (Å²) in [6.07, 6.45) is 7.42. The van der Waals surface area contributed by atoms with E-state index in [9.17, 15) is 4.79 Å². The highest BCUT2D eigenvalue weighted by Gasteiger charge is 2.29. The lowest BCUT2D eigenvalue weighted by Crippen LogP contribution is -2.42. The fourth-order valence-electron chi connectivity index (χ4n) is 3.64. The van der Waals surface area contributed by atoms with Gasteiger partial charge in [-0.25, -0.2) is 15.0 Å². The summed E-state index contributed by atoms with van der Waals surface area (Å²) < 4.78 is 0. The smallest absolute Gasteiger partial charge is 0.225 e. The third kappa shape index (κ3) is 3.89. The molecule has 1 amide bonds. The van der Waals surface area contributed by atoms with Crippen molar-refractivity contribution in [3.05, 3.63) is 30.0 Å². The maximum absolute atomic E-state index is 12.7. The monoisotopic (exact) mass is 341 g/mol. The number of hydrogen-bond acceptors (Lipinski definition) is 4. The molecule has 1 aliphatic heterocycles. The number of carbonyl (C=O) groups is 1. The Morgan fingerprint density at radius 2 is 2.16 bits per heavy atom. The van der Waals surface area contributed by atoms with Crippen molar-refractivity contribution in [1.82, 2.24) is 24.8 Å². The van der Waals surface area contributed by atoms with Crippen LogP contribution in [0.4, 0.5) is 0 Å². The fraction of sp³-hybridized carbons (Fsp3) is 0.579. The Kier molecular flexibility index (Phi) is 5.46. The van der Waals surface area contributed by atoms with Crippen LogP contribution in [-0.4, -0.2) is 43.8 Å². The molecule has 0 aliphatic carbocycles. The van der Waals surface area contributed by atoms with Crippen molar-refractivity contribution in [3.8, 4) is 11.5 Å². The van der Waals surface area contributed by atoms with Crippen LogP contribution in [0.1, 0.15) is 57.0 Å². The number of nitrogens with one attached hydrogen (secondary N) is 1. The number of aryl methyl sites for hydroxylation is 1. The van der Waals surface area contributed by atoms with Gasteiger partial charge in [0.2, 0.25) is 5.91 Å². The van der Waals surface area contributed by atoms with Gasteiger partial charge in [0.1, 0.15) is 11.5 Å². The Hall–Kier alpha value is -2.24. The highest BCUT2D eigenvalue weighted by Crippen LogP contribution is 2.29. The molecule has 0 unspecified atom stereocenters. The highest BCUT2D eigenvalue weighted by atomic mass is 16.2. The third-order valence-corrected chi connectivity index (χ3v) is 5.08. The Labute approximate surface area is 149 Å². The third-order valence-electron chi connectivity index (χ3n) is 5.08. The standard InChI is InChI=1S/C19H27N5O/c1-4-14(5-2)19(25)24-10-6-7-15(12-24)16-11-17(23-13(3)22-16)18-20-8-9-21-18/h8-9,11,14-15H,4-7,10,12H2,1-3H3,(H,20,21)/t15-/m1/s1. The average Bonchev–Trinajstić information content (AvgIpc) is 3.17. The number of rotatable bonds is 5. The summed E-state index contributed by atoms with van der Waals surface area (Å²) >= 11 is 0. The number of amides is 1. The van der Waals surface area contributed by atoms with E-state index >= 15 is 0 Å². The lowest BCUT2D eigenvalue weighted by Gasteiger charge is -2.34. The molecule has 1 fully saturated rings. The highest BCUT2D eigenvalue weighted by molar-refractivity contribution is 5.79. The molecule has 0 radical (unpaired) electrons. The molecule has 134 valence electrons. The van der Waals surface area contributed by atoms with Gasteiger partial charge in [-0.05, 0) is 38.7 Å². The van der Waals surface area contributed by atoms with E-state index < -0.39 is 0 Å². The second kappa shape index (κ2) is 7.76. The molecule has 6 nitrogen and oxygen atoms in total. The van der Waals surface area contributed by atoms with Crippen LogP contribution in [0.25, 0.3) is 11.5 Å². The molecule has 1 atom stereocenters. The zero-order valence-electron chi connectivity index (χ0n) is 15.3. The Morgan fingerprint density at radius 3 is 2.84 bits per heavy atom. The van der Waals surface area contributed by atoms with Gasteiger partial charge in [-0.3, -0.25) is 4.79 Å². The molecule has 0 aromatic carbocycles. The Balaban J connectivity index is 1.81. The summed E-state index contributed by atoms with van der Waals surface area (Å²) in [5.41, 5.74) is 1.83. The van der Waals surface area contributed by atoms with Crippen LogP contribution in [0.2, 0.25) is 0 Å². The van der Waals surface area contributed by atoms with Gasteiger partial charge in [0.25, 0.3) is 0 Å². The van der Waals surface area contributed by atoms with E-state index in [1.807, 2.05) is 17.9 Å². The lowest BCUT2D eigenvalue weighted by molar-refractivity contribution is -0.137. The van der Waals surface area contributed by atoms with Gasteiger partial charge in [-0.1, -0.05) is 13.8 Å². The van der Waals surface area contributed by atoms with Gasteiger partial charge in [-0.2, -0.15) is 0 Å². The lowest BCUT2D eigenvalue weighted by atomic mass is 9.92. The first-order valence-corrected chi connectivity index (χ1v) is 9.26. The first-order valence-electron chi connectivity index (χ1n) is 9.26. The maximum atomic E-state index is 12.7. The number of nitrogens with zero attached hydrogens (tertiary/aromatic N) is 4. The predicted octanol–water partition coefficient (Wildman–Crippen LogP) is 3.32. The summed E-state index contributed by atoms with van der Waals surface area (Å²) in [7, 11) is 0. The molecule has 1 saturated heterocycles. The second-order valence-corrected chi connectivity index (χ2v) is 6.80. The molecule has 25 heavy (non-hydrogen) atoms. The van der Waals surface area contributed by atoms with E-state index in [1.54, 1.807) is 12.4 Å². The SMILES string of the molecule is CCC(CC)C(=O)N1CCC[C@@H](c2cc(-c3ncc[nH]3)nc(C)n2)C1. The first kappa shape index (κ1) is 17.6. The summed E-state index contributed by atoms with van der Waals surface area (Å²) in [5, 5.41) is 0. The molecule has 2 aromatic heterocycles. The van der Waals surface area contributed by atoms with Crippen LogP contribution in [-0.2, 0) is 4.79 Å². The van der Waals surface area contributed by atoms with Crippen molar-refractivity contribution >= 4 is 5.91 Å². The molecular formula is C19H27N5O. The van der Waals surface area contributed by atoms with Gasteiger partial charge < -0.3 is 9.88 Å². The average molecular weight is 341 g/mol. The molecule has 1 aliphatic rings. The van der Waals surface area contributed by atoms with Gasteiger partial charge >= 0.3 is 0 Å². The number of H-pyrrole nitrogens is 1. The van der Waals surface area contributed by atoms with Crippen molar-refractivity contribution in [2.75, 3.05) is 13.1 Å². The summed E-state index contributed by atoms with van der Waals surface area (Å²) in [6.45, 7) is 7.71. The predicted molar refractivity (Wildman–Crippen MR) is 97.0 cm³/mol. The minimum Gasteiger partial charge on any atom is -0.343 e. The minimum atomic E-state index is 0.143. The van der Waals surface area contributed by atoms with Crippen LogP contribution in [0, 0.1) is 12.8 Å². The molecule has 3 rings (SSSR count). The van der Waals surface area contributed by atoms with Crippen LogP contribution in [0.3, 0.4) is 0 Å². The van der Waals surface area contributed by atoms with E-state index in [4.69, 9.17) is 0 Å². The molecule has 1 N–H and O–H groups in total. The van der Waals surface area contributed by atoms with E-state index in [-0.39, 0.29) is 11.8 Å². The van der Waals surface area contributed by atoms with Crippen LogP contribution < -0.4 is 0 Å². The van der Waals surface area contributed by atoms with Gasteiger partial charge in [0.05, 0.1) is 0 Å². The van der Waals surface area contributed by atoms with E-state index in [2.05, 4.69) is 33.8 Å². The number of imidazole rings is 1. The van der Waals surface area contributed by atoms with Gasteiger partial charge in [0.15, 0.2) is 5.82 Å². The summed E-state index contributed by atoms with van der Waals surface area (Å²) in [6, 6.07) is 2.02. The zero-order chi connectivity index (χ0) is 17.8. The van der Waals surface area contributed by atoms with Crippen molar-refractivity contribution in [2.45, 2.75) is 52.4 Å². The molecule has 0 bridgehead atoms. The number of carbonyl (C=O) groups excluding carboxylic acids is 1. The van der Waals surface area contributed by atoms with E-state index in [0.717, 1.165) is 61.8 Å². The quantitative estimate of drug-likeness (QED) is 0.905. The van der Waals surface area contributed by atoms with Crippen LogP contribution >= 0.6 is 0 Å². The zero-order valence-corrected chi connectivity index (χ0v) is 15.3. The van der Waals surface area contributed by atoms with Crippen LogP contribution in [0.5, 0.6) is 0 Å². The van der Waals surface area contributed by atoms with Gasteiger partial charge in [0, 0.05) is 43.0 Å². The molecule has 6 heteroatoms. The van der Waals surface area contributed by atoms with Gasteiger partial charge in [-0.15, -0.1) is 0 Å². The maximum Gasteiger partial charge on any atom is 0.225 e. The van der Waals surface area contributed by atoms with Crippen molar-refractivity contribution in [1.29, 1.82) is 0 Å². The normalized spacial score (nSPS) is 17.9. The van der Waals surface area contributed by atoms with Crippen LogP contribution in [0.15, 0.2) is 18.5 Å². The molecule has 0 spiro atoms. The number of piperidine rings is 1. The van der Waals surface area contributed by atoms with Crippen molar-refractivity contribution in [2.24, 2.45) is 5.92 Å². The van der Waals surface area contributed by atoms with Crippen molar-refractivity contribution in [3.63, 3.8) is 0 Å². The Morgan fingerprint density at radius 1 is 1.36 bits per heavy atom. The summed E-state index contributed by atoms with van der Waals surface area (Å²) in [4.78, 5) is 31.3. The Bertz CT molecular complexity index is 709. The molecule has 0 saturated carbocycles. The number of aromatic nitrogens is 4. The number of aromatic amines is 1. The number of likely N-dealkylation sites (tertiary alicyclic amines) is 1. The summed E-state index contributed by atoms with van der Waals surface area (Å²) in [5.74, 6) is 2.21. The minimum absolute atomic E-state index is 0.143. The second-order valence-electron chi connectivity index (χ2n) is 6.80. The van der Waals surface area contributed by atoms with E-state index in [1.165, 1.54) is 0 Å². The topological polar surface area (TPSA) is 74.8 Å². The first-order chi connectivity index (χ1) is 12.1. The fourth-order valence-corrected chi connectivity index (χ4v) is 3.64. The molecule has 3 heterocycles. The largest absolute Gasteiger partial charge is 0.343 e. The van der Waals surface area contributed by atoms with Crippen molar-refractivity contribution < 1.29 is 4.79 Å².